The number of hydrogen-bond donors (Lipinski definition) is 1. The molecule has 1 N–H and O–H groups in total. The van der Waals surface area contributed by atoms with E-state index in [0.717, 1.165) is 6.07 Å². The van der Waals surface area contributed by atoms with Gasteiger partial charge in [0.2, 0.25) is 0 Å². The van der Waals surface area contributed by atoms with Crippen LogP contribution < -0.4 is 4.90 Å². The van der Waals surface area contributed by atoms with Gasteiger partial charge in [0.05, 0.1) is 17.2 Å². The Labute approximate surface area is 225 Å². The number of benzene rings is 1. The number of anilines is 1. The molecule has 4 aromatic rings. The van der Waals surface area contributed by atoms with E-state index in [1.807, 2.05) is 0 Å². The first-order valence-electron chi connectivity index (χ1n) is 12.9. The van der Waals surface area contributed by atoms with Crippen LogP contribution in [0.15, 0.2) is 35.2 Å². The van der Waals surface area contributed by atoms with E-state index in [1.54, 1.807) is 9.47 Å². The van der Waals surface area contributed by atoms with Crippen molar-refractivity contribution in [3.63, 3.8) is 0 Å². The second-order valence-electron chi connectivity index (χ2n) is 10.0. The Morgan fingerprint density at radius 3 is 2.58 bits per heavy atom. The zero-order valence-electron chi connectivity index (χ0n) is 21.2. The minimum atomic E-state index is -2.85. The molecule has 14 heteroatoms. The number of piperidine rings is 1. The summed E-state index contributed by atoms with van der Waals surface area (Å²) < 4.78 is 62.2. The Morgan fingerprint density at radius 1 is 1.10 bits per heavy atom. The van der Waals surface area contributed by atoms with Gasteiger partial charge in [0.1, 0.15) is 17.8 Å². The Morgan fingerprint density at radius 2 is 1.90 bits per heavy atom. The van der Waals surface area contributed by atoms with E-state index in [-0.39, 0.29) is 47.4 Å². The fourth-order valence-electron chi connectivity index (χ4n) is 5.41. The van der Waals surface area contributed by atoms with Crippen LogP contribution in [0.1, 0.15) is 59.2 Å². The lowest BCUT2D eigenvalue weighted by molar-refractivity contribution is 0.0764. The molecule has 0 radical (unpaired) electrons. The van der Waals surface area contributed by atoms with Crippen molar-refractivity contribution in [1.82, 2.24) is 29.6 Å². The van der Waals surface area contributed by atoms with Crippen LogP contribution in [0.5, 0.6) is 0 Å². The standard InChI is InChI=1S/C26H25F4N7O3/c27-18-9-15(25(39)36-8-5-17(38)11-36)2-1-14(18)10-20-21-19(28)12-37(23(21)32-13-31-20)16-3-6-35(7-4-16)26-33-24(22(29)30)40-34-26/h1-2,9,12-13,16-17,22,38H,3-8,10-11H2/t17-/m1/s1. The van der Waals surface area contributed by atoms with Crippen molar-refractivity contribution in [2.45, 2.75) is 44.3 Å². The van der Waals surface area contributed by atoms with Crippen LogP contribution in [0.2, 0.25) is 0 Å². The molecule has 210 valence electrons. The Kier molecular flexibility index (Phi) is 6.86. The van der Waals surface area contributed by atoms with Crippen LogP contribution in [-0.4, -0.2) is 72.9 Å². The van der Waals surface area contributed by atoms with Gasteiger partial charge in [0.25, 0.3) is 17.7 Å². The van der Waals surface area contributed by atoms with Crippen molar-refractivity contribution >= 4 is 22.9 Å². The first-order valence-corrected chi connectivity index (χ1v) is 12.9. The van der Waals surface area contributed by atoms with E-state index >= 15 is 8.78 Å². The molecule has 2 aliphatic heterocycles. The molecule has 2 aliphatic rings. The molecule has 0 unspecified atom stereocenters. The smallest absolute Gasteiger partial charge is 0.316 e. The fraction of sp³-hybridized carbons (Fsp3) is 0.423. The monoisotopic (exact) mass is 559 g/mol. The predicted octanol–water partition coefficient (Wildman–Crippen LogP) is 3.67. The zero-order valence-corrected chi connectivity index (χ0v) is 21.2. The van der Waals surface area contributed by atoms with Crippen LogP contribution in [0, 0.1) is 11.6 Å². The lowest BCUT2D eigenvalue weighted by Gasteiger charge is -2.31. The number of fused-ring (bicyclic) bond motifs is 1. The Hall–Kier alpha value is -4.07. The summed E-state index contributed by atoms with van der Waals surface area (Å²) in [5.41, 5.74) is 1.12. The van der Waals surface area contributed by atoms with Gasteiger partial charge in [-0.25, -0.2) is 18.7 Å². The van der Waals surface area contributed by atoms with Crippen molar-refractivity contribution in [2.75, 3.05) is 31.1 Å². The van der Waals surface area contributed by atoms with Gasteiger partial charge in [0.15, 0.2) is 5.82 Å². The van der Waals surface area contributed by atoms with Crippen LogP contribution in [-0.2, 0) is 6.42 Å². The van der Waals surface area contributed by atoms with Gasteiger partial charge in [-0.2, -0.15) is 13.8 Å². The molecular weight excluding hydrogens is 534 g/mol. The highest BCUT2D eigenvalue weighted by Crippen LogP contribution is 2.32. The summed E-state index contributed by atoms with van der Waals surface area (Å²) in [6.45, 7) is 1.51. The highest BCUT2D eigenvalue weighted by molar-refractivity contribution is 5.94. The van der Waals surface area contributed by atoms with E-state index in [2.05, 4.69) is 24.6 Å². The third kappa shape index (κ3) is 4.87. The number of aromatic nitrogens is 5. The second-order valence-corrected chi connectivity index (χ2v) is 10.0. The van der Waals surface area contributed by atoms with Crippen LogP contribution >= 0.6 is 0 Å². The lowest BCUT2D eigenvalue weighted by atomic mass is 10.0. The first kappa shape index (κ1) is 26.2. The second kappa shape index (κ2) is 10.5. The summed E-state index contributed by atoms with van der Waals surface area (Å²) in [7, 11) is 0. The average molecular weight is 560 g/mol. The maximum Gasteiger partial charge on any atom is 0.316 e. The average Bonchev–Trinajstić information content (AvgIpc) is 3.69. The molecule has 0 aliphatic carbocycles. The van der Waals surface area contributed by atoms with Gasteiger partial charge in [0, 0.05) is 50.4 Å². The molecule has 1 atom stereocenters. The number of halogens is 4. The summed E-state index contributed by atoms with van der Waals surface area (Å²) in [6, 6.07) is 4.04. The van der Waals surface area contributed by atoms with E-state index in [1.165, 1.54) is 29.6 Å². The first-order chi connectivity index (χ1) is 19.3. The number of carbonyl (C=O) groups excluding carboxylic acids is 1. The van der Waals surface area contributed by atoms with Crippen LogP contribution in [0.4, 0.5) is 23.5 Å². The van der Waals surface area contributed by atoms with E-state index < -0.39 is 30.1 Å². The molecule has 6 rings (SSSR count). The fourth-order valence-corrected chi connectivity index (χ4v) is 5.41. The normalized spacial score (nSPS) is 18.4. The number of likely N-dealkylation sites (tertiary alicyclic amines) is 1. The maximum atomic E-state index is 15.2. The molecule has 2 fully saturated rings. The van der Waals surface area contributed by atoms with Gasteiger partial charge in [-0.05, 0) is 42.1 Å². The third-order valence-corrected chi connectivity index (χ3v) is 7.51. The molecule has 0 saturated carbocycles. The Bertz CT molecular complexity index is 1550. The number of hydrogen-bond acceptors (Lipinski definition) is 8. The number of β-amino-alcohol motifs (C(OH)–C–C–N with tert-alkyl or cyclic N) is 1. The van der Waals surface area contributed by atoms with Crippen molar-refractivity contribution in [3.05, 3.63) is 65.1 Å². The van der Waals surface area contributed by atoms with Crippen LogP contribution in [0.3, 0.4) is 0 Å². The molecule has 5 heterocycles. The number of rotatable bonds is 6. The van der Waals surface area contributed by atoms with E-state index in [4.69, 9.17) is 0 Å². The summed E-state index contributed by atoms with van der Waals surface area (Å²) in [4.78, 5) is 28.1. The third-order valence-electron chi connectivity index (χ3n) is 7.51. The lowest BCUT2D eigenvalue weighted by Crippen LogP contribution is -2.35. The SMILES string of the molecule is O=C(c1ccc(Cc2ncnc3c2c(F)cn3C2CCN(c3noc(C(F)F)n3)CC2)c(F)c1)N1CC[C@@H](O)C1. The van der Waals surface area contributed by atoms with Crippen molar-refractivity contribution in [1.29, 1.82) is 0 Å². The van der Waals surface area contributed by atoms with Crippen LogP contribution in [0.25, 0.3) is 11.0 Å². The number of alkyl halides is 2. The van der Waals surface area contributed by atoms with E-state index in [9.17, 15) is 18.7 Å². The zero-order chi connectivity index (χ0) is 28.0. The van der Waals surface area contributed by atoms with Gasteiger partial charge in [-0.3, -0.25) is 4.79 Å². The van der Waals surface area contributed by atoms with Crippen molar-refractivity contribution in [3.8, 4) is 0 Å². The summed E-state index contributed by atoms with van der Waals surface area (Å²) in [5.74, 6) is -2.14. The number of amides is 1. The highest BCUT2D eigenvalue weighted by atomic mass is 19.3. The molecule has 0 spiro atoms. The molecule has 1 amide bonds. The topological polar surface area (TPSA) is 113 Å². The minimum Gasteiger partial charge on any atom is -0.391 e. The molecule has 1 aromatic carbocycles. The highest BCUT2D eigenvalue weighted by Gasteiger charge is 2.29. The predicted molar refractivity (Wildman–Crippen MR) is 133 cm³/mol. The molecule has 3 aromatic heterocycles. The number of nitrogens with zero attached hydrogens (tertiary/aromatic N) is 7. The molecule has 2 saturated heterocycles. The number of aliphatic hydroxyl groups excluding tert-OH is 1. The van der Waals surface area contributed by atoms with Gasteiger partial charge in [-0.15, -0.1) is 0 Å². The number of carbonyl (C=O) groups is 1. The Balaban J connectivity index is 1.19. The summed E-state index contributed by atoms with van der Waals surface area (Å²) >= 11 is 0. The summed E-state index contributed by atoms with van der Waals surface area (Å²) in [5, 5.41) is 13.5. The summed E-state index contributed by atoms with van der Waals surface area (Å²) in [6.07, 6.45) is 0.832. The van der Waals surface area contributed by atoms with Gasteiger partial charge in [-0.1, -0.05) is 6.07 Å². The van der Waals surface area contributed by atoms with Crippen molar-refractivity contribution < 1.29 is 32.0 Å². The van der Waals surface area contributed by atoms with Gasteiger partial charge < -0.3 is 24.0 Å². The molecule has 10 nitrogen and oxygen atoms in total. The number of aliphatic hydroxyl groups is 1. The minimum absolute atomic E-state index is 0.00850. The molecule has 40 heavy (non-hydrogen) atoms. The maximum absolute atomic E-state index is 15.2. The largest absolute Gasteiger partial charge is 0.391 e. The van der Waals surface area contributed by atoms with Crippen molar-refractivity contribution in [2.24, 2.45) is 0 Å². The molecule has 0 bridgehead atoms. The van der Waals surface area contributed by atoms with Gasteiger partial charge >= 0.3 is 6.43 Å². The quantitative estimate of drug-likeness (QED) is 0.356. The molecular formula is C26H25F4N7O3. The van der Waals surface area contributed by atoms with E-state index in [0.29, 0.717) is 50.2 Å².